The fourth-order valence-electron chi connectivity index (χ4n) is 8.83. The van der Waals surface area contributed by atoms with E-state index in [0.29, 0.717) is 84.5 Å². The molecule has 2 fully saturated rings. The Hall–Kier alpha value is -5.52. The summed E-state index contributed by atoms with van der Waals surface area (Å²) in [5, 5.41) is 29.1. The second-order valence-electron chi connectivity index (χ2n) is 16.0. The van der Waals surface area contributed by atoms with E-state index in [0.717, 1.165) is 40.4 Å². The van der Waals surface area contributed by atoms with Gasteiger partial charge in [0.05, 0.1) is 72.0 Å². The predicted octanol–water partition coefficient (Wildman–Crippen LogP) is 8.04. The van der Waals surface area contributed by atoms with E-state index in [-0.39, 0.29) is 29.3 Å². The number of aliphatic hydroxyl groups excluding tert-OH is 1. The molecule has 0 radical (unpaired) electrons. The maximum atomic E-state index is 14.2. The van der Waals surface area contributed by atoms with Crippen LogP contribution in [0, 0.1) is 5.92 Å². The number of carboxylic acid groups (broad SMARTS) is 1. The van der Waals surface area contributed by atoms with Crippen LogP contribution in [0.15, 0.2) is 67.0 Å². The van der Waals surface area contributed by atoms with Gasteiger partial charge < -0.3 is 29.7 Å². The summed E-state index contributed by atoms with van der Waals surface area (Å²) < 4.78 is 47.5. The van der Waals surface area contributed by atoms with Crippen LogP contribution >= 0.6 is 11.6 Å². The minimum Gasteiger partial charge on any atom is -0.496 e. The summed E-state index contributed by atoms with van der Waals surface area (Å²) in [6.07, 6.45) is 3.39. The number of anilines is 2. The highest BCUT2D eigenvalue weighted by Crippen LogP contribution is 2.41. The zero-order valence-corrected chi connectivity index (χ0v) is 35.6. The lowest BCUT2D eigenvalue weighted by Gasteiger charge is -2.35. The lowest BCUT2D eigenvalue weighted by atomic mass is 9.85. The first-order valence-corrected chi connectivity index (χ1v) is 20.9. The summed E-state index contributed by atoms with van der Waals surface area (Å²) in [5.41, 5.74) is 5.57. The van der Waals surface area contributed by atoms with Crippen molar-refractivity contribution in [3.8, 4) is 28.3 Å². The molecule has 6 aromatic rings. The Morgan fingerprint density at radius 2 is 1.69 bits per heavy atom. The number of alkyl halides is 2. The van der Waals surface area contributed by atoms with E-state index in [9.17, 15) is 23.8 Å². The predicted molar refractivity (Wildman–Crippen MR) is 232 cm³/mol. The number of ether oxygens (including phenoxy) is 3. The molecule has 17 heteroatoms. The van der Waals surface area contributed by atoms with Gasteiger partial charge in [-0.1, -0.05) is 35.9 Å². The van der Waals surface area contributed by atoms with Gasteiger partial charge in [-0.05, 0) is 75.5 Å². The van der Waals surface area contributed by atoms with Crippen molar-refractivity contribution in [2.75, 3.05) is 46.8 Å². The first-order chi connectivity index (χ1) is 29.9. The lowest BCUT2D eigenvalue weighted by Crippen LogP contribution is -2.47. The van der Waals surface area contributed by atoms with Crippen LogP contribution in [0.4, 0.5) is 20.3 Å². The molecule has 3 N–H and O–H groups in total. The maximum Gasteiger partial charge on any atom is 0.306 e. The molecule has 0 spiro atoms. The third-order valence-corrected chi connectivity index (χ3v) is 12.6. The molecule has 0 bridgehead atoms. The number of nitrogens with zero attached hydrogens (tertiary/aromatic N) is 7. The van der Waals surface area contributed by atoms with Gasteiger partial charge >= 0.3 is 5.97 Å². The standard InChI is InChI=1S/C45H49ClF2N8O6/c1-54(27-13-11-26(12-14-27)45(58)59)22-25-17-34-41(49-20-25)43(53-44(52-34)42(47)48)51-33-9-5-8-30(40(33)46)29-7-6-10-35-31(29)21-50-56(35)28-18-38(60-3)32(39(19-28)61-4)23-55(2)36-15-16-62-24-37(36)57/h5-10,17-21,26-27,36-37,42,57H,11-16,22-24H2,1-4H3,(H,58,59)(H,51,52,53)/t26?,27?,36-,37?/m1/s1. The van der Waals surface area contributed by atoms with Gasteiger partial charge in [0, 0.05) is 61.1 Å². The summed E-state index contributed by atoms with van der Waals surface area (Å²) in [5.74, 6) is -0.411. The van der Waals surface area contributed by atoms with E-state index in [2.05, 4.69) is 30.1 Å². The van der Waals surface area contributed by atoms with Crippen molar-refractivity contribution in [2.24, 2.45) is 5.92 Å². The summed E-state index contributed by atoms with van der Waals surface area (Å²) in [7, 11) is 7.16. The van der Waals surface area contributed by atoms with Crippen LogP contribution in [-0.4, -0.2) is 110 Å². The summed E-state index contributed by atoms with van der Waals surface area (Å²) in [6.45, 7) is 1.85. The molecule has 2 atom stereocenters. The van der Waals surface area contributed by atoms with Gasteiger partial charge in [-0.25, -0.2) is 23.4 Å². The number of likely N-dealkylation sites (N-methyl/N-ethyl adjacent to an activating group) is 1. The number of aromatic nitrogens is 5. The molecule has 3 aromatic heterocycles. The average molecular weight is 871 g/mol. The van der Waals surface area contributed by atoms with Crippen LogP contribution in [0.5, 0.6) is 11.5 Å². The van der Waals surface area contributed by atoms with Gasteiger partial charge in [0.1, 0.15) is 17.0 Å². The molecule has 62 heavy (non-hydrogen) atoms. The van der Waals surface area contributed by atoms with Crippen LogP contribution in [0.3, 0.4) is 0 Å². The van der Waals surface area contributed by atoms with E-state index in [4.69, 9.17) is 30.9 Å². The molecule has 8 rings (SSSR count). The van der Waals surface area contributed by atoms with E-state index >= 15 is 0 Å². The topological polar surface area (TPSA) is 160 Å². The number of fused-ring (bicyclic) bond motifs is 2. The summed E-state index contributed by atoms with van der Waals surface area (Å²) in [6, 6.07) is 16.9. The van der Waals surface area contributed by atoms with Crippen LogP contribution in [0.1, 0.15) is 55.5 Å². The molecule has 1 unspecified atom stereocenters. The molecular formula is C45H49ClF2N8O6. The van der Waals surface area contributed by atoms with Crippen LogP contribution in [-0.2, 0) is 22.6 Å². The third-order valence-electron chi connectivity index (χ3n) is 12.2. The monoisotopic (exact) mass is 870 g/mol. The highest BCUT2D eigenvalue weighted by Gasteiger charge is 2.30. The number of hydrogen-bond acceptors (Lipinski definition) is 12. The maximum absolute atomic E-state index is 14.2. The molecule has 1 saturated heterocycles. The number of aliphatic carboxylic acids is 1. The Morgan fingerprint density at radius 3 is 2.39 bits per heavy atom. The largest absolute Gasteiger partial charge is 0.496 e. The molecule has 1 aliphatic carbocycles. The number of carboxylic acids is 1. The van der Waals surface area contributed by atoms with Crippen molar-refractivity contribution >= 4 is 51.0 Å². The molecule has 4 heterocycles. The lowest BCUT2D eigenvalue weighted by molar-refractivity contribution is -0.143. The summed E-state index contributed by atoms with van der Waals surface area (Å²) in [4.78, 5) is 28.7. The van der Waals surface area contributed by atoms with Crippen molar-refractivity contribution in [3.63, 3.8) is 0 Å². The molecule has 14 nitrogen and oxygen atoms in total. The van der Waals surface area contributed by atoms with Crippen molar-refractivity contribution in [2.45, 2.75) is 69.8 Å². The zero-order chi connectivity index (χ0) is 43.7. The fraction of sp³-hybridized carbons (Fsp3) is 0.400. The number of methoxy groups -OCH3 is 2. The van der Waals surface area contributed by atoms with Gasteiger partial charge in [-0.15, -0.1) is 0 Å². The molecule has 1 saturated carbocycles. The normalized spacial score (nSPS) is 19.5. The Labute approximate surface area is 362 Å². The highest BCUT2D eigenvalue weighted by atomic mass is 35.5. The molecule has 0 amide bonds. The van der Waals surface area contributed by atoms with Gasteiger partial charge in [-0.2, -0.15) is 5.10 Å². The van der Waals surface area contributed by atoms with Crippen molar-refractivity contribution < 1.29 is 38.0 Å². The summed E-state index contributed by atoms with van der Waals surface area (Å²) >= 11 is 7.16. The molecule has 326 valence electrons. The first kappa shape index (κ1) is 43.1. The van der Waals surface area contributed by atoms with E-state index in [1.54, 1.807) is 43.4 Å². The van der Waals surface area contributed by atoms with Gasteiger partial charge in [0.2, 0.25) is 0 Å². The number of benzene rings is 3. The number of halogens is 3. The Kier molecular flexibility index (Phi) is 12.8. The van der Waals surface area contributed by atoms with Crippen molar-refractivity contribution in [1.82, 2.24) is 34.5 Å². The fourth-order valence-corrected chi connectivity index (χ4v) is 9.10. The minimum absolute atomic E-state index is 0.0735. The second-order valence-corrected chi connectivity index (χ2v) is 16.4. The minimum atomic E-state index is -2.93. The zero-order valence-electron chi connectivity index (χ0n) is 34.9. The second kappa shape index (κ2) is 18.4. The van der Waals surface area contributed by atoms with Gasteiger partial charge in [0.15, 0.2) is 11.6 Å². The number of aliphatic hydroxyl groups is 1. The number of rotatable bonds is 14. The first-order valence-electron chi connectivity index (χ1n) is 20.6. The Balaban J connectivity index is 1.07. The SMILES string of the molecule is COc1cc(-n2ncc3c(-c4cccc(Nc5nc(C(F)F)nc6cc(CN(C)C7CCC(C(=O)O)CC7)cnc56)c4Cl)cccc32)cc(OC)c1CN(C)[C@@H]1CCOCC1O. The van der Waals surface area contributed by atoms with Crippen LogP contribution < -0.4 is 14.8 Å². The van der Waals surface area contributed by atoms with Crippen LogP contribution in [0.2, 0.25) is 5.02 Å². The quantitative estimate of drug-likeness (QED) is 0.0966. The molecule has 1 aliphatic heterocycles. The highest BCUT2D eigenvalue weighted by molar-refractivity contribution is 6.36. The van der Waals surface area contributed by atoms with Crippen molar-refractivity contribution in [3.05, 3.63) is 89.0 Å². The number of nitrogens with one attached hydrogen (secondary N) is 1. The Morgan fingerprint density at radius 1 is 0.968 bits per heavy atom. The van der Waals surface area contributed by atoms with E-state index in [1.165, 1.54) is 0 Å². The number of hydrogen-bond donors (Lipinski definition) is 3. The number of carbonyl (C=O) groups is 1. The van der Waals surface area contributed by atoms with E-state index in [1.807, 2.05) is 56.6 Å². The van der Waals surface area contributed by atoms with E-state index < -0.39 is 24.3 Å². The third kappa shape index (κ3) is 8.75. The Bertz CT molecular complexity index is 2560. The smallest absolute Gasteiger partial charge is 0.306 e. The number of pyridine rings is 1. The van der Waals surface area contributed by atoms with Gasteiger partial charge in [-0.3, -0.25) is 19.6 Å². The molecule has 2 aliphatic rings. The molecular weight excluding hydrogens is 822 g/mol. The average Bonchev–Trinajstić information content (AvgIpc) is 3.72. The van der Waals surface area contributed by atoms with Crippen molar-refractivity contribution in [1.29, 1.82) is 0 Å². The molecule has 3 aromatic carbocycles. The van der Waals surface area contributed by atoms with Gasteiger partial charge in [0.25, 0.3) is 6.43 Å². The van der Waals surface area contributed by atoms with Crippen LogP contribution in [0.25, 0.3) is 38.8 Å².